The maximum atomic E-state index is 10.9. The summed E-state index contributed by atoms with van der Waals surface area (Å²) in [6.07, 6.45) is 0.782. The number of aromatic nitrogens is 1. The van der Waals surface area contributed by atoms with E-state index in [2.05, 4.69) is 0 Å². The van der Waals surface area contributed by atoms with Crippen molar-refractivity contribution in [3.63, 3.8) is 0 Å². The lowest BCUT2D eigenvalue weighted by Gasteiger charge is -2.01. The van der Waals surface area contributed by atoms with Crippen molar-refractivity contribution in [3.8, 4) is 0 Å². The number of fused-ring (bicyclic) bond motifs is 1. The fourth-order valence-corrected chi connectivity index (χ4v) is 2.26. The number of nitrogens with zero attached hydrogens (tertiary/aromatic N) is 1. The fourth-order valence-electron chi connectivity index (χ4n) is 1.74. The van der Waals surface area contributed by atoms with Gasteiger partial charge in [0, 0.05) is 17.0 Å². The molecule has 2 rings (SSSR count). The molecule has 0 N–H and O–H groups in total. The molecule has 1 aromatic carbocycles. The Morgan fingerprint density at radius 2 is 2.13 bits per heavy atom. The highest BCUT2D eigenvalue weighted by Gasteiger charge is 2.13. The lowest BCUT2D eigenvalue weighted by molar-refractivity contribution is 0.112. The van der Waals surface area contributed by atoms with E-state index in [1.165, 1.54) is 0 Å². The largest absolute Gasteiger partial charge is 0.331 e. The van der Waals surface area contributed by atoms with Crippen molar-refractivity contribution in [2.75, 3.05) is 0 Å². The number of hydrogen-bond acceptors (Lipinski definition) is 1. The number of hydrogen-bond donors (Lipinski definition) is 0. The van der Waals surface area contributed by atoms with Crippen molar-refractivity contribution >= 4 is 40.4 Å². The van der Waals surface area contributed by atoms with Crippen molar-refractivity contribution in [1.29, 1.82) is 0 Å². The molecule has 15 heavy (non-hydrogen) atoms. The molecule has 1 heterocycles. The zero-order chi connectivity index (χ0) is 11.0. The first-order valence-corrected chi connectivity index (χ1v) is 5.37. The van der Waals surface area contributed by atoms with Crippen LogP contribution in [0.25, 0.3) is 10.9 Å². The molecular formula is C11H9Cl2NO. The number of carbonyl (C=O) groups excluding carboxylic acids is 1. The molecule has 4 heteroatoms. The van der Waals surface area contributed by atoms with E-state index in [9.17, 15) is 4.79 Å². The van der Waals surface area contributed by atoms with Crippen molar-refractivity contribution < 1.29 is 4.79 Å². The lowest BCUT2D eigenvalue weighted by atomic mass is 10.2. The van der Waals surface area contributed by atoms with E-state index in [0.717, 1.165) is 17.2 Å². The zero-order valence-electron chi connectivity index (χ0n) is 8.13. The van der Waals surface area contributed by atoms with Crippen molar-refractivity contribution in [2.45, 2.75) is 13.5 Å². The maximum absolute atomic E-state index is 10.9. The van der Waals surface area contributed by atoms with Gasteiger partial charge >= 0.3 is 0 Å². The Balaban J connectivity index is 2.91. The van der Waals surface area contributed by atoms with Crippen LogP contribution in [-0.2, 0) is 6.54 Å². The minimum Gasteiger partial charge on any atom is -0.331 e. The molecule has 0 aliphatic heterocycles. The summed E-state index contributed by atoms with van der Waals surface area (Å²) in [5.74, 6) is 0. The van der Waals surface area contributed by atoms with Gasteiger partial charge in [-0.25, -0.2) is 0 Å². The van der Waals surface area contributed by atoms with Crippen LogP contribution >= 0.6 is 23.2 Å². The predicted octanol–water partition coefficient (Wildman–Crippen LogP) is 3.78. The van der Waals surface area contributed by atoms with E-state index in [1.807, 2.05) is 23.6 Å². The van der Waals surface area contributed by atoms with Gasteiger partial charge in [-0.2, -0.15) is 0 Å². The third-order valence-electron chi connectivity index (χ3n) is 2.43. The Labute approximate surface area is 97.4 Å². The van der Waals surface area contributed by atoms with Crippen LogP contribution in [0.15, 0.2) is 18.2 Å². The minimum atomic E-state index is 0.477. The SMILES string of the molecule is CCn1c(Cl)c(C=O)c2ccc(Cl)cc21. The molecule has 0 fully saturated rings. The number of rotatable bonds is 2. The Hall–Kier alpha value is -0.990. The van der Waals surface area contributed by atoms with Gasteiger partial charge in [0.15, 0.2) is 6.29 Å². The molecule has 2 aromatic rings. The summed E-state index contributed by atoms with van der Waals surface area (Å²) in [6, 6.07) is 5.39. The molecule has 0 saturated carbocycles. The van der Waals surface area contributed by atoms with E-state index < -0.39 is 0 Å². The number of aryl methyl sites for hydroxylation is 1. The number of halogens is 2. The quantitative estimate of drug-likeness (QED) is 0.734. The van der Waals surface area contributed by atoms with Gasteiger partial charge in [-0.3, -0.25) is 4.79 Å². The van der Waals surface area contributed by atoms with E-state index in [-0.39, 0.29) is 0 Å². The molecule has 78 valence electrons. The Kier molecular flexibility index (Phi) is 2.72. The smallest absolute Gasteiger partial charge is 0.153 e. The molecule has 0 bridgehead atoms. The topological polar surface area (TPSA) is 22.0 Å². The van der Waals surface area contributed by atoms with Gasteiger partial charge in [0.05, 0.1) is 11.1 Å². The monoisotopic (exact) mass is 241 g/mol. The molecule has 0 spiro atoms. The van der Waals surface area contributed by atoms with Gasteiger partial charge in [0.2, 0.25) is 0 Å². The first-order valence-electron chi connectivity index (χ1n) is 4.61. The first kappa shape index (κ1) is 10.5. The van der Waals surface area contributed by atoms with Crippen LogP contribution in [0.1, 0.15) is 17.3 Å². The fraction of sp³-hybridized carbons (Fsp3) is 0.182. The van der Waals surface area contributed by atoms with E-state index in [4.69, 9.17) is 23.2 Å². The molecule has 0 unspecified atom stereocenters. The van der Waals surface area contributed by atoms with Crippen molar-refractivity contribution in [3.05, 3.63) is 33.9 Å². The first-order chi connectivity index (χ1) is 7.19. The summed E-state index contributed by atoms with van der Waals surface area (Å²) < 4.78 is 1.87. The summed E-state index contributed by atoms with van der Waals surface area (Å²) in [4.78, 5) is 10.9. The van der Waals surface area contributed by atoms with Crippen LogP contribution in [0.2, 0.25) is 10.2 Å². The zero-order valence-corrected chi connectivity index (χ0v) is 9.64. The normalized spacial score (nSPS) is 10.9. The van der Waals surface area contributed by atoms with Crippen LogP contribution in [0, 0.1) is 0 Å². The van der Waals surface area contributed by atoms with E-state index >= 15 is 0 Å². The Morgan fingerprint density at radius 1 is 1.40 bits per heavy atom. The summed E-state index contributed by atoms with van der Waals surface area (Å²) in [6.45, 7) is 2.68. The van der Waals surface area contributed by atoms with Crippen LogP contribution in [0.3, 0.4) is 0 Å². The van der Waals surface area contributed by atoms with Gasteiger partial charge < -0.3 is 4.57 Å². The second-order valence-corrected chi connectivity index (χ2v) is 4.02. The van der Waals surface area contributed by atoms with Crippen molar-refractivity contribution in [2.24, 2.45) is 0 Å². The highest BCUT2D eigenvalue weighted by molar-refractivity contribution is 6.35. The lowest BCUT2D eigenvalue weighted by Crippen LogP contribution is -1.93. The van der Waals surface area contributed by atoms with Gasteiger partial charge in [0.1, 0.15) is 5.15 Å². The van der Waals surface area contributed by atoms with Crippen LogP contribution < -0.4 is 0 Å². The summed E-state index contributed by atoms with van der Waals surface area (Å²) in [5.41, 5.74) is 1.43. The molecule has 0 aliphatic rings. The van der Waals surface area contributed by atoms with Crippen molar-refractivity contribution in [1.82, 2.24) is 4.57 Å². The van der Waals surface area contributed by atoms with Gasteiger partial charge in [-0.1, -0.05) is 29.3 Å². The highest BCUT2D eigenvalue weighted by Crippen LogP contribution is 2.30. The molecule has 1 aromatic heterocycles. The molecule has 2 nitrogen and oxygen atoms in total. The number of carbonyl (C=O) groups is 1. The number of benzene rings is 1. The molecule has 0 aliphatic carbocycles. The standard InChI is InChI=1S/C11H9Cl2NO/c1-2-14-10-5-7(12)3-4-8(10)9(6-15)11(14)13/h3-6H,2H2,1H3. The molecular weight excluding hydrogens is 233 g/mol. The molecule has 0 amide bonds. The van der Waals surface area contributed by atoms with Crippen LogP contribution in [-0.4, -0.2) is 10.9 Å². The highest BCUT2D eigenvalue weighted by atomic mass is 35.5. The van der Waals surface area contributed by atoms with E-state index in [1.54, 1.807) is 6.07 Å². The molecule has 0 atom stereocenters. The Morgan fingerprint density at radius 3 is 2.73 bits per heavy atom. The predicted molar refractivity (Wildman–Crippen MR) is 63.0 cm³/mol. The summed E-state index contributed by atoms with van der Waals surface area (Å²) >= 11 is 12.0. The number of aldehydes is 1. The molecule has 0 saturated heterocycles. The maximum Gasteiger partial charge on any atom is 0.153 e. The third kappa shape index (κ3) is 1.54. The summed E-state index contributed by atoms with van der Waals surface area (Å²) in [5, 5.41) is 1.97. The van der Waals surface area contributed by atoms with Gasteiger partial charge in [-0.15, -0.1) is 0 Å². The van der Waals surface area contributed by atoms with Gasteiger partial charge in [0.25, 0.3) is 0 Å². The van der Waals surface area contributed by atoms with E-state index in [0.29, 0.717) is 22.3 Å². The second-order valence-electron chi connectivity index (χ2n) is 3.23. The average Bonchev–Trinajstić information content (AvgIpc) is 2.48. The molecule has 0 radical (unpaired) electrons. The minimum absolute atomic E-state index is 0.477. The van der Waals surface area contributed by atoms with Crippen LogP contribution in [0.5, 0.6) is 0 Å². The summed E-state index contributed by atoms with van der Waals surface area (Å²) in [7, 11) is 0. The van der Waals surface area contributed by atoms with Crippen LogP contribution in [0.4, 0.5) is 0 Å². The third-order valence-corrected chi connectivity index (χ3v) is 3.08. The second kappa shape index (κ2) is 3.87. The van der Waals surface area contributed by atoms with Gasteiger partial charge in [-0.05, 0) is 19.1 Å². The average molecular weight is 242 g/mol. The Bertz CT molecular complexity index is 531.